The van der Waals surface area contributed by atoms with Gasteiger partial charge in [0.25, 0.3) is 0 Å². The average Bonchev–Trinajstić information content (AvgIpc) is 2.42. The van der Waals surface area contributed by atoms with E-state index in [1.165, 1.54) is 4.90 Å². The first-order chi connectivity index (χ1) is 9.11. The Balaban J connectivity index is 2.09. The van der Waals surface area contributed by atoms with E-state index in [0.29, 0.717) is 35.5 Å². The van der Waals surface area contributed by atoms with Crippen LogP contribution in [-0.2, 0) is 4.74 Å². The van der Waals surface area contributed by atoms with Gasteiger partial charge in [0, 0.05) is 11.6 Å². The lowest BCUT2D eigenvalue weighted by Gasteiger charge is -2.34. The van der Waals surface area contributed by atoms with Gasteiger partial charge in [-0.25, -0.2) is 4.79 Å². The third kappa shape index (κ3) is 3.51. The fourth-order valence-electron chi connectivity index (χ4n) is 1.85. The number of nitrogens with one attached hydrogen (secondary N) is 1. The predicted octanol–water partition coefficient (Wildman–Crippen LogP) is 2.22. The molecule has 0 bridgehead atoms. The molecule has 1 aliphatic heterocycles. The number of anilines is 1. The van der Waals surface area contributed by atoms with Crippen LogP contribution < -0.4 is 5.32 Å². The Kier molecular flexibility index (Phi) is 4.87. The lowest BCUT2D eigenvalue weighted by molar-refractivity contribution is -0.00484. The highest BCUT2D eigenvalue weighted by Crippen LogP contribution is 2.26. The zero-order chi connectivity index (χ0) is 13.8. The molecule has 1 atom stereocenters. The second-order valence-electron chi connectivity index (χ2n) is 4.16. The van der Waals surface area contributed by atoms with Crippen molar-refractivity contribution in [2.75, 3.05) is 31.7 Å². The van der Waals surface area contributed by atoms with E-state index in [1.54, 1.807) is 18.2 Å². The zero-order valence-corrected chi connectivity index (χ0v) is 11.6. The smallest absolute Gasteiger partial charge is 0.322 e. The van der Waals surface area contributed by atoms with Crippen molar-refractivity contribution >= 4 is 34.9 Å². The van der Waals surface area contributed by atoms with Crippen molar-refractivity contribution in [1.82, 2.24) is 4.90 Å². The molecule has 0 spiro atoms. The summed E-state index contributed by atoms with van der Waals surface area (Å²) in [5.74, 6) is 0. The molecule has 0 aromatic heterocycles. The molecule has 7 heteroatoms. The summed E-state index contributed by atoms with van der Waals surface area (Å²) in [4.78, 5) is 13.7. The van der Waals surface area contributed by atoms with Gasteiger partial charge >= 0.3 is 6.03 Å². The highest BCUT2D eigenvalue weighted by atomic mass is 35.5. The van der Waals surface area contributed by atoms with Gasteiger partial charge in [0.1, 0.15) is 0 Å². The van der Waals surface area contributed by atoms with E-state index >= 15 is 0 Å². The average molecular weight is 305 g/mol. The number of benzene rings is 1. The van der Waals surface area contributed by atoms with Crippen LogP contribution >= 0.6 is 23.2 Å². The zero-order valence-electron chi connectivity index (χ0n) is 10.1. The number of nitrogens with zero attached hydrogens (tertiary/aromatic N) is 1. The molecule has 2 N–H and O–H groups in total. The molecule has 1 aromatic carbocycles. The summed E-state index contributed by atoms with van der Waals surface area (Å²) in [6.45, 7) is 1.06. The van der Waals surface area contributed by atoms with E-state index in [1.807, 2.05) is 0 Å². The fourth-order valence-corrected chi connectivity index (χ4v) is 2.19. The van der Waals surface area contributed by atoms with Crippen LogP contribution in [-0.4, -0.2) is 48.4 Å². The topological polar surface area (TPSA) is 61.8 Å². The summed E-state index contributed by atoms with van der Waals surface area (Å²) < 4.78 is 5.22. The van der Waals surface area contributed by atoms with Gasteiger partial charge in [-0.3, -0.25) is 0 Å². The summed E-state index contributed by atoms with van der Waals surface area (Å²) in [6, 6.07) is 4.17. The quantitative estimate of drug-likeness (QED) is 0.880. The van der Waals surface area contributed by atoms with E-state index in [4.69, 9.17) is 27.9 Å². The van der Waals surface area contributed by atoms with Crippen LogP contribution in [0.5, 0.6) is 0 Å². The second kappa shape index (κ2) is 6.43. The van der Waals surface area contributed by atoms with Gasteiger partial charge < -0.3 is 20.1 Å². The molecular weight excluding hydrogens is 291 g/mol. The number of aliphatic hydroxyl groups is 1. The molecule has 1 saturated heterocycles. The molecule has 0 aliphatic carbocycles. The van der Waals surface area contributed by atoms with Crippen molar-refractivity contribution in [3.63, 3.8) is 0 Å². The van der Waals surface area contributed by atoms with Crippen LogP contribution in [0.2, 0.25) is 10.0 Å². The number of aliphatic hydroxyl groups excluding tert-OH is 1. The summed E-state index contributed by atoms with van der Waals surface area (Å²) in [5.41, 5.74) is 0.447. The summed E-state index contributed by atoms with van der Waals surface area (Å²) >= 11 is 11.8. The Hall–Kier alpha value is -1.01. The Morgan fingerprint density at radius 3 is 3.05 bits per heavy atom. The van der Waals surface area contributed by atoms with Gasteiger partial charge in [0.05, 0.1) is 36.6 Å². The van der Waals surface area contributed by atoms with Crippen LogP contribution in [0, 0.1) is 0 Å². The fraction of sp³-hybridized carbons (Fsp3) is 0.417. The number of carbonyl (C=O) groups is 1. The molecule has 104 valence electrons. The van der Waals surface area contributed by atoms with E-state index in [9.17, 15) is 9.90 Å². The SMILES string of the molecule is O=C(Nc1cc(Cl)ccc1Cl)N1CCOCC1CO. The lowest BCUT2D eigenvalue weighted by atomic mass is 10.2. The van der Waals surface area contributed by atoms with Gasteiger partial charge in [-0.05, 0) is 18.2 Å². The van der Waals surface area contributed by atoms with Crippen molar-refractivity contribution in [3.05, 3.63) is 28.2 Å². The molecular formula is C12H14Cl2N2O3. The third-order valence-corrected chi connectivity index (χ3v) is 3.43. The van der Waals surface area contributed by atoms with Crippen molar-refractivity contribution < 1.29 is 14.6 Å². The molecule has 19 heavy (non-hydrogen) atoms. The highest BCUT2D eigenvalue weighted by Gasteiger charge is 2.27. The first-order valence-corrected chi connectivity index (χ1v) is 6.58. The standard InChI is InChI=1S/C12H14Cl2N2O3/c13-8-1-2-10(14)11(5-8)15-12(18)16-3-4-19-7-9(16)6-17/h1-2,5,9,17H,3-4,6-7H2,(H,15,18). The first kappa shape index (κ1) is 14.4. The summed E-state index contributed by atoms with van der Waals surface area (Å²) in [7, 11) is 0. The number of rotatable bonds is 2. The van der Waals surface area contributed by atoms with Gasteiger partial charge in [-0.1, -0.05) is 23.2 Å². The maximum atomic E-state index is 12.1. The molecule has 1 heterocycles. The van der Waals surface area contributed by atoms with Gasteiger partial charge in [0.2, 0.25) is 0 Å². The summed E-state index contributed by atoms with van der Waals surface area (Å²) in [6.07, 6.45) is 0. The van der Waals surface area contributed by atoms with E-state index in [0.717, 1.165) is 0 Å². The van der Waals surface area contributed by atoms with Crippen LogP contribution in [0.4, 0.5) is 10.5 Å². The minimum Gasteiger partial charge on any atom is -0.394 e. The number of hydrogen-bond acceptors (Lipinski definition) is 3. The van der Waals surface area contributed by atoms with Crippen molar-refractivity contribution in [3.8, 4) is 0 Å². The largest absolute Gasteiger partial charge is 0.394 e. The number of hydrogen-bond donors (Lipinski definition) is 2. The summed E-state index contributed by atoms with van der Waals surface area (Å²) in [5, 5.41) is 12.8. The first-order valence-electron chi connectivity index (χ1n) is 5.83. The minimum absolute atomic E-state index is 0.142. The molecule has 0 saturated carbocycles. The number of halogens is 2. The molecule has 0 radical (unpaired) electrons. The molecule has 2 rings (SSSR count). The van der Waals surface area contributed by atoms with E-state index in [-0.39, 0.29) is 18.7 Å². The van der Waals surface area contributed by atoms with Gasteiger partial charge in [-0.15, -0.1) is 0 Å². The number of urea groups is 1. The molecule has 2 amide bonds. The lowest BCUT2D eigenvalue weighted by Crippen LogP contribution is -2.52. The predicted molar refractivity (Wildman–Crippen MR) is 73.9 cm³/mol. The van der Waals surface area contributed by atoms with Crippen LogP contribution in [0.25, 0.3) is 0 Å². The number of ether oxygens (including phenoxy) is 1. The maximum Gasteiger partial charge on any atom is 0.322 e. The molecule has 5 nitrogen and oxygen atoms in total. The third-order valence-electron chi connectivity index (χ3n) is 2.87. The highest BCUT2D eigenvalue weighted by molar-refractivity contribution is 6.35. The van der Waals surface area contributed by atoms with Crippen molar-refractivity contribution in [2.45, 2.75) is 6.04 Å². The van der Waals surface area contributed by atoms with Gasteiger partial charge in [-0.2, -0.15) is 0 Å². The Bertz CT molecular complexity index is 470. The second-order valence-corrected chi connectivity index (χ2v) is 5.00. The van der Waals surface area contributed by atoms with Crippen molar-refractivity contribution in [2.24, 2.45) is 0 Å². The van der Waals surface area contributed by atoms with Crippen molar-refractivity contribution in [1.29, 1.82) is 0 Å². The Morgan fingerprint density at radius 2 is 2.32 bits per heavy atom. The Labute approximate surface area is 121 Å². The number of amides is 2. The van der Waals surface area contributed by atoms with E-state index < -0.39 is 0 Å². The monoisotopic (exact) mass is 304 g/mol. The van der Waals surface area contributed by atoms with Crippen LogP contribution in [0.3, 0.4) is 0 Å². The van der Waals surface area contributed by atoms with Crippen LogP contribution in [0.1, 0.15) is 0 Å². The Morgan fingerprint density at radius 1 is 1.53 bits per heavy atom. The number of carbonyl (C=O) groups excluding carboxylic acids is 1. The normalized spacial score (nSPS) is 19.3. The molecule has 1 fully saturated rings. The molecule has 1 aromatic rings. The maximum absolute atomic E-state index is 12.1. The molecule has 1 aliphatic rings. The molecule has 1 unspecified atom stereocenters. The van der Waals surface area contributed by atoms with Gasteiger partial charge in [0.15, 0.2) is 0 Å². The van der Waals surface area contributed by atoms with Crippen LogP contribution in [0.15, 0.2) is 18.2 Å². The van der Waals surface area contributed by atoms with E-state index in [2.05, 4.69) is 5.32 Å². The number of morpholine rings is 1. The minimum atomic E-state index is -0.341.